The van der Waals surface area contributed by atoms with Gasteiger partial charge in [0.1, 0.15) is 0 Å². The van der Waals surface area contributed by atoms with Crippen molar-refractivity contribution in [3.8, 4) is 0 Å². The van der Waals surface area contributed by atoms with Crippen molar-refractivity contribution in [3.05, 3.63) is 0 Å². The van der Waals surface area contributed by atoms with Gasteiger partial charge >= 0.3 is 0 Å². The van der Waals surface area contributed by atoms with Crippen LogP contribution in [-0.4, -0.2) is 0 Å². The second-order valence-corrected chi connectivity index (χ2v) is 7.05. The molecule has 0 spiro atoms. The van der Waals surface area contributed by atoms with E-state index < -0.39 is 0 Å². The van der Waals surface area contributed by atoms with Gasteiger partial charge in [-0.3, -0.25) is 0 Å². The summed E-state index contributed by atoms with van der Waals surface area (Å²) < 4.78 is 0. The van der Waals surface area contributed by atoms with E-state index in [1.165, 1.54) is 12.8 Å². The highest BCUT2D eigenvalue weighted by Crippen LogP contribution is 2.48. The molecule has 17 heavy (non-hydrogen) atoms. The standard InChI is InChI=1S/C17H30/c1-3-8-14(9-4-1)16-12-7-13-17(16)15-10-5-2-6-11-15/h14-17H,1-13H2. The van der Waals surface area contributed by atoms with Crippen LogP contribution in [0.1, 0.15) is 83.5 Å². The predicted molar refractivity (Wildman–Crippen MR) is 74.0 cm³/mol. The van der Waals surface area contributed by atoms with Crippen LogP contribution in [-0.2, 0) is 0 Å². The van der Waals surface area contributed by atoms with Gasteiger partial charge in [0.05, 0.1) is 0 Å². The van der Waals surface area contributed by atoms with E-state index in [1.807, 2.05) is 0 Å². The van der Waals surface area contributed by atoms with Gasteiger partial charge in [0.2, 0.25) is 0 Å². The third kappa shape index (κ3) is 2.71. The van der Waals surface area contributed by atoms with E-state index in [0.29, 0.717) is 0 Å². The Labute approximate surface area is 108 Å². The average Bonchev–Trinajstić information content (AvgIpc) is 2.90. The highest BCUT2D eigenvalue weighted by atomic mass is 14.4. The van der Waals surface area contributed by atoms with Crippen LogP contribution in [0.4, 0.5) is 0 Å². The summed E-state index contributed by atoms with van der Waals surface area (Å²) in [5.74, 6) is 4.58. The number of hydrogen-bond acceptors (Lipinski definition) is 0. The Kier molecular flexibility index (Phi) is 4.08. The van der Waals surface area contributed by atoms with E-state index in [4.69, 9.17) is 0 Å². The fraction of sp³-hybridized carbons (Fsp3) is 1.00. The van der Waals surface area contributed by atoms with Crippen LogP contribution in [0.15, 0.2) is 0 Å². The number of rotatable bonds is 2. The van der Waals surface area contributed by atoms with Gasteiger partial charge in [-0.1, -0.05) is 70.6 Å². The van der Waals surface area contributed by atoms with Crippen molar-refractivity contribution in [2.24, 2.45) is 23.7 Å². The van der Waals surface area contributed by atoms with Crippen LogP contribution in [0.5, 0.6) is 0 Å². The summed E-state index contributed by atoms with van der Waals surface area (Å²) in [7, 11) is 0. The Morgan fingerprint density at radius 1 is 0.353 bits per heavy atom. The molecule has 2 unspecified atom stereocenters. The normalized spacial score (nSPS) is 37.4. The Bertz CT molecular complexity index is 196. The third-order valence-electron chi connectivity index (χ3n) is 6.14. The first-order chi connectivity index (χ1) is 8.45. The first-order valence-corrected chi connectivity index (χ1v) is 8.45. The molecule has 0 aromatic rings. The average molecular weight is 234 g/mol. The van der Waals surface area contributed by atoms with Gasteiger partial charge in [-0.25, -0.2) is 0 Å². The van der Waals surface area contributed by atoms with Crippen LogP contribution < -0.4 is 0 Å². The molecule has 0 N–H and O–H groups in total. The summed E-state index contributed by atoms with van der Waals surface area (Å²) in [6.45, 7) is 0. The van der Waals surface area contributed by atoms with Crippen LogP contribution in [0.25, 0.3) is 0 Å². The fourth-order valence-corrected chi connectivity index (χ4v) is 5.31. The fourth-order valence-electron chi connectivity index (χ4n) is 5.31. The van der Waals surface area contributed by atoms with Crippen molar-refractivity contribution >= 4 is 0 Å². The van der Waals surface area contributed by atoms with E-state index in [2.05, 4.69) is 0 Å². The molecule has 3 saturated carbocycles. The number of hydrogen-bond donors (Lipinski definition) is 0. The molecule has 0 saturated heterocycles. The summed E-state index contributed by atoms with van der Waals surface area (Å²) in [4.78, 5) is 0. The second-order valence-electron chi connectivity index (χ2n) is 7.05. The Morgan fingerprint density at radius 2 is 0.765 bits per heavy atom. The minimum absolute atomic E-state index is 1.14. The maximum Gasteiger partial charge on any atom is -0.0355 e. The van der Waals surface area contributed by atoms with E-state index in [1.54, 1.807) is 70.6 Å². The van der Waals surface area contributed by atoms with Crippen LogP contribution in [0.3, 0.4) is 0 Å². The molecule has 0 aromatic heterocycles. The highest BCUT2D eigenvalue weighted by molar-refractivity contribution is 4.88. The first kappa shape index (κ1) is 12.1. The van der Waals surface area contributed by atoms with Crippen molar-refractivity contribution in [3.63, 3.8) is 0 Å². The largest absolute Gasteiger partial charge is 0.0533 e. The van der Waals surface area contributed by atoms with Gasteiger partial charge in [-0.05, 0) is 36.5 Å². The molecule has 0 radical (unpaired) electrons. The summed E-state index contributed by atoms with van der Waals surface area (Å²) in [6.07, 6.45) is 20.3. The van der Waals surface area contributed by atoms with E-state index in [0.717, 1.165) is 23.7 Å². The monoisotopic (exact) mass is 234 g/mol. The van der Waals surface area contributed by atoms with Gasteiger partial charge in [-0.2, -0.15) is 0 Å². The zero-order chi connectivity index (χ0) is 11.5. The lowest BCUT2D eigenvalue weighted by atomic mass is 9.68. The van der Waals surface area contributed by atoms with Gasteiger partial charge in [0, 0.05) is 0 Å². The lowest BCUT2D eigenvalue weighted by molar-refractivity contribution is 0.133. The van der Waals surface area contributed by atoms with Crippen molar-refractivity contribution in [1.29, 1.82) is 0 Å². The first-order valence-electron chi connectivity index (χ1n) is 8.45. The lowest BCUT2D eigenvalue weighted by Crippen LogP contribution is -2.27. The van der Waals surface area contributed by atoms with Crippen molar-refractivity contribution in [2.45, 2.75) is 83.5 Å². The molecule has 98 valence electrons. The van der Waals surface area contributed by atoms with Gasteiger partial charge < -0.3 is 0 Å². The summed E-state index contributed by atoms with van der Waals surface area (Å²) in [5, 5.41) is 0. The Hall–Kier alpha value is 0. The van der Waals surface area contributed by atoms with Crippen molar-refractivity contribution in [1.82, 2.24) is 0 Å². The minimum atomic E-state index is 1.14. The van der Waals surface area contributed by atoms with Gasteiger partial charge in [-0.15, -0.1) is 0 Å². The maximum atomic E-state index is 1.59. The molecule has 3 aliphatic carbocycles. The molecule has 2 atom stereocenters. The molecular weight excluding hydrogens is 204 g/mol. The van der Waals surface area contributed by atoms with Gasteiger partial charge in [0.25, 0.3) is 0 Å². The Balaban J connectivity index is 1.61. The van der Waals surface area contributed by atoms with Crippen LogP contribution >= 0.6 is 0 Å². The second kappa shape index (κ2) is 5.76. The lowest BCUT2D eigenvalue weighted by Gasteiger charge is -2.37. The zero-order valence-corrected chi connectivity index (χ0v) is 11.5. The van der Waals surface area contributed by atoms with Crippen LogP contribution in [0.2, 0.25) is 0 Å². The quantitative estimate of drug-likeness (QED) is 0.586. The maximum absolute atomic E-state index is 1.59. The molecule has 0 amide bonds. The van der Waals surface area contributed by atoms with Crippen molar-refractivity contribution < 1.29 is 0 Å². The molecule has 0 aromatic carbocycles. The van der Waals surface area contributed by atoms with E-state index in [9.17, 15) is 0 Å². The van der Waals surface area contributed by atoms with Crippen LogP contribution in [0, 0.1) is 23.7 Å². The zero-order valence-electron chi connectivity index (χ0n) is 11.5. The topological polar surface area (TPSA) is 0 Å². The minimum Gasteiger partial charge on any atom is -0.0533 e. The van der Waals surface area contributed by atoms with E-state index >= 15 is 0 Å². The molecule has 3 rings (SSSR count). The summed E-state index contributed by atoms with van der Waals surface area (Å²) in [6, 6.07) is 0. The molecule has 0 heterocycles. The molecule has 0 heteroatoms. The molecule has 0 bridgehead atoms. The molecule has 0 aliphatic heterocycles. The smallest absolute Gasteiger partial charge is 0.0355 e. The molecular formula is C17H30. The third-order valence-corrected chi connectivity index (χ3v) is 6.14. The molecule has 0 nitrogen and oxygen atoms in total. The van der Waals surface area contributed by atoms with E-state index in [-0.39, 0.29) is 0 Å². The van der Waals surface area contributed by atoms with Gasteiger partial charge in [0.15, 0.2) is 0 Å². The summed E-state index contributed by atoms with van der Waals surface area (Å²) >= 11 is 0. The highest BCUT2D eigenvalue weighted by Gasteiger charge is 2.38. The predicted octanol–water partition coefficient (Wildman–Crippen LogP) is 5.56. The molecule has 3 aliphatic rings. The van der Waals surface area contributed by atoms with Crippen molar-refractivity contribution in [2.75, 3.05) is 0 Å². The summed E-state index contributed by atoms with van der Waals surface area (Å²) in [5.41, 5.74) is 0. The molecule has 3 fully saturated rings. The SMILES string of the molecule is C1CCC(C2CCCC2C2CCCCC2)CC1. The Morgan fingerprint density at radius 3 is 1.18 bits per heavy atom.